The van der Waals surface area contributed by atoms with E-state index in [1.54, 1.807) is 37.3 Å². The molecule has 9 heteroatoms. The van der Waals surface area contributed by atoms with Gasteiger partial charge in [-0.2, -0.15) is 0 Å². The molecule has 6 nitrogen and oxygen atoms in total. The Balaban J connectivity index is 1.87. The Bertz CT molecular complexity index is 1200. The number of sulfonamides is 2. The standard InChI is InChI=1S/C20H19FN2O4S2/c1-2-23(17-8-4-3-5-9-17)29(26,27)18-14-12-16(13-15-18)22-28(24,25)20-11-7-6-10-19(20)21/h3-15,22H,2H2,1H3. The Hall–Kier alpha value is -2.91. The van der Waals surface area contributed by atoms with Crippen LogP contribution in [0.4, 0.5) is 15.8 Å². The van der Waals surface area contributed by atoms with Crippen LogP contribution < -0.4 is 9.03 Å². The third-order valence-electron chi connectivity index (χ3n) is 4.15. The molecule has 0 aliphatic rings. The van der Waals surface area contributed by atoms with E-state index in [9.17, 15) is 21.2 Å². The van der Waals surface area contributed by atoms with Gasteiger partial charge in [-0.15, -0.1) is 0 Å². The molecule has 0 amide bonds. The molecule has 0 bridgehead atoms. The lowest BCUT2D eigenvalue weighted by Crippen LogP contribution is -2.30. The number of nitrogens with one attached hydrogen (secondary N) is 1. The van der Waals surface area contributed by atoms with E-state index in [2.05, 4.69) is 4.72 Å². The molecule has 0 saturated carbocycles. The summed E-state index contributed by atoms with van der Waals surface area (Å²) in [5.74, 6) is -0.874. The van der Waals surface area contributed by atoms with Crippen LogP contribution in [-0.4, -0.2) is 23.4 Å². The van der Waals surface area contributed by atoms with Crippen molar-refractivity contribution in [3.63, 3.8) is 0 Å². The fourth-order valence-electron chi connectivity index (χ4n) is 2.78. The number of anilines is 2. The monoisotopic (exact) mass is 434 g/mol. The van der Waals surface area contributed by atoms with Gasteiger partial charge in [-0.1, -0.05) is 30.3 Å². The summed E-state index contributed by atoms with van der Waals surface area (Å²) in [6.45, 7) is 1.95. The SMILES string of the molecule is CCN(c1ccccc1)S(=O)(=O)c1ccc(NS(=O)(=O)c2ccccc2F)cc1. The number of rotatable bonds is 7. The maximum absolute atomic E-state index is 13.8. The van der Waals surface area contributed by atoms with Crippen molar-refractivity contribution in [3.8, 4) is 0 Å². The summed E-state index contributed by atoms with van der Waals surface area (Å²) in [6.07, 6.45) is 0. The Kier molecular flexibility index (Phi) is 5.90. The van der Waals surface area contributed by atoms with Crippen LogP contribution in [0.25, 0.3) is 0 Å². The molecule has 0 aromatic heterocycles. The third kappa shape index (κ3) is 4.41. The normalized spacial score (nSPS) is 11.8. The molecule has 1 N–H and O–H groups in total. The summed E-state index contributed by atoms with van der Waals surface area (Å²) in [5, 5.41) is 0. The van der Waals surface area contributed by atoms with Crippen LogP contribution in [0.5, 0.6) is 0 Å². The van der Waals surface area contributed by atoms with Crippen LogP contribution >= 0.6 is 0 Å². The Morgan fingerprint density at radius 2 is 1.41 bits per heavy atom. The Morgan fingerprint density at radius 1 is 0.828 bits per heavy atom. The first-order chi connectivity index (χ1) is 13.8. The van der Waals surface area contributed by atoms with Crippen LogP contribution in [-0.2, 0) is 20.0 Å². The van der Waals surface area contributed by atoms with Gasteiger partial charge in [0.05, 0.1) is 10.6 Å². The van der Waals surface area contributed by atoms with Crippen LogP contribution in [0, 0.1) is 5.82 Å². The molecule has 0 fully saturated rings. The zero-order valence-electron chi connectivity index (χ0n) is 15.5. The first-order valence-corrected chi connectivity index (χ1v) is 11.6. The smallest absolute Gasteiger partial charge is 0.264 e. The molecule has 0 heterocycles. The van der Waals surface area contributed by atoms with Gasteiger partial charge in [0.1, 0.15) is 10.7 Å². The fourth-order valence-corrected chi connectivity index (χ4v) is 5.39. The number of hydrogen-bond acceptors (Lipinski definition) is 4. The van der Waals surface area contributed by atoms with Gasteiger partial charge < -0.3 is 0 Å². The first kappa shape index (κ1) is 20.8. The van der Waals surface area contributed by atoms with Gasteiger partial charge in [0.2, 0.25) is 0 Å². The van der Waals surface area contributed by atoms with Crippen molar-refractivity contribution in [2.75, 3.05) is 15.6 Å². The minimum atomic E-state index is -4.14. The number of para-hydroxylation sites is 1. The predicted octanol–water partition coefficient (Wildman–Crippen LogP) is 3.84. The van der Waals surface area contributed by atoms with Gasteiger partial charge in [-0.25, -0.2) is 21.2 Å². The van der Waals surface area contributed by atoms with Gasteiger partial charge in [-0.3, -0.25) is 9.03 Å². The molecule has 3 aromatic rings. The van der Waals surface area contributed by atoms with Crippen molar-refractivity contribution in [3.05, 3.63) is 84.7 Å². The quantitative estimate of drug-likeness (QED) is 0.612. The van der Waals surface area contributed by atoms with Gasteiger partial charge >= 0.3 is 0 Å². The van der Waals surface area contributed by atoms with Gasteiger partial charge in [-0.05, 0) is 55.5 Å². The summed E-state index contributed by atoms with van der Waals surface area (Å²) in [4.78, 5) is -0.477. The van der Waals surface area contributed by atoms with E-state index in [-0.39, 0.29) is 17.1 Å². The van der Waals surface area contributed by atoms with E-state index >= 15 is 0 Å². The second kappa shape index (κ2) is 8.22. The Labute approximate surface area is 169 Å². The van der Waals surface area contributed by atoms with Crippen LogP contribution in [0.1, 0.15) is 6.92 Å². The third-order valence-corrected chi connectivity index (χ3v) is 7.48. The molecule has 0 radical (unpaired) electrons. The second-order valence-corrected chi connectivity index (χ2v) is 9.58. The van der Waals surface area contributed by atoms with E-state index in [0.717, 1.165) is 12.1 Å². The van der Waals surface area contributed by atoms with Crippen molar-refractivity contribution >= 4 is 31.4 Å². The average Bonchev–Trinajstić information content (AvgIpc) is 2.69. The summed E-state index contributed by atoms with van der Waals surface area (Å²) >= 11 is 0. The molecule has 0 aliphatic heterocycles. The number of halogens is 1. The average molecular weight is 435 g/mol. The largest absolute Gasteiger partial charge is 0.280 e. The molecule has 3 rings (SSSR count). The van der Waals surface area contributed by atoms with Gasteiger partial charge in [0.15, 0.2) is 0 Å². The van der Waals surface area contributed by atoms with Crippen molar-refractivity contribution in [1.82, 2.24) is 0 Å². The highest BCUT2D eigenvalue weighted by molar-refractivity contribution is 7.93. The molecule has 152 valence electrons. The molecule has 3 aromatic carbocycles. The van der Waals surface area contributed by atoms with Crippen LogP contribution in [0.3, 0.4) is 0 Å². The van der Waals surface area contributed by atoms with E-state index in [0.29, 0.717) is 5.69 Å². The highest BCUT2D eigenvalue weighted by Gasteiger charge is 2.24. The lowest BCUT2D eigenvalue weighted by molar-refractivity contribution is 0.570. The van der Waals surface area contributed by atoms with Crippen molar-refractivity contribution < 1.29 is 21.2 Å². The van der Waals surface area contributed by atoms with Crippen molar-refractivity contribution in [1.29, 1.82) is 0 Å². The fraction of sp³-hybridized carbons (Fsp3) is 0.100. The van der Waals surface area contributed by atoms with Crippen LogP contribution in [0.2, 0.25) is 0 Å². The summed E-state index contributed by atoms with van der Waals surface area (Å²) in [5.41, 5.74) is 0.647. The highest BCUT2D eigenvalue weighted by Crippen LogP contribution is 2.25. The summed E-state index contributed by atoms with van der Waals surface area (Å²) < 4.78 is 68.0. The topological polar surface area (TPSA) is 83.6 Å². The summed E-state index contributed by atoms with van der Waals surface area (Å²) in [6, 6.07) is 18.9. The minimum Gasteiger partial charge on any atom is -0.280 e. The molecule has 0 unspecified atom stereocenters. The second-order valence-electron chi connectivity index (χ2n) is 6.07. The zero-order chi connectivity index (χ0) is 21.1. The predicted molar refractivity (Wildman–Crippen MR) is 110 cm³/mol. The molecule has 29 heavy (non-hydrogen) atoms. The lowest BCUT2D eigenvalue weighted by Gasteiger charge is -2.23. The summed E-state index contributed by atoms with van der Waals surface area (Å²) in [7, 11) is -7.97. The molecule has 0 atom stereocenters. The molecule has 0 saturated heterocycles. The van der Waals surface area contributed by atoms with E-state index in [1.807, 2.05) is 0 Å². The maximum atomic E-state index is 13.8. The van der Waals surface area contributed by atoms with E-state index in [4.69, 9.17) is 0 Å². The number of nitrogens with zero attached hydrogens (tertiary/aromatic N) is 1. The van der Waals surface area contributed by atoms with Crippen molar-refractivity contribution in [2.45, 2.75) is 16.7 Å². The van der Waals surface area contributed by atoms with Crippen LogP contribution in [0.15, 0.2) is 88.7 Å². The number of hydrogen-bond donors (Lipinski definition) is 1. The zero-order valence-corrected chi connectivity index (χ0v) is 17.1. The van der Waals surface area contributed by atoms with Gasteiger partial charge in [0.25, 0.3) is 20.0 Å². The molecule has 0 aliphatic carbocycles. The van der Waals surface area contributed by atoms with Gasteiger partial charge in [0, 0.05) is 12.2 Å². The van der Waals surface area contributed by atoms with E-state index in [1.165, 1.54) is 40.7 Å². The molecular weight excluding hydrogens is 415 g/mol. The highest BCUT2D eigenvalue weighted by atomic mass is 32.2. The minimum absolute atomic E-state index is 0.0112. The Morgan fingerprint density at radius 3 is 2.00 bits per heavy atom. The number of benzene rings is 3. The van der Waals surface area contributed by atoms with Crippen molar-refractivity contribution in [2.24, 2.45) is 0 Å². The van der Waals surface area contributed by atoms with E-state index < -0.39 is 30.8 Å². The molecule has 0 spiro atoms. The maximum Gasteiger partial charge on any atom is 0.264 e. The first-order valence-electron chi connectivity index (χ1n) is 8.71. The lowest BCUT2D eigenvalue weighted by atomic mass is 10.3. The molecular formula is C20H19FN2O4S2.